The van der Waals surface area contributed by atoms with Crippen LogP contribution in [-0.4, -0.2) is 42.5 Å². The topological polar surface area (TPSA) is 6.48 Å². The molecule has 0 amide bonds. The third kappa shape index (κ3) is 3.11. The summed E-state index contributed by atoms with van der Waals surface area (Å²) in [5, 5.41) is 0. The largest absolute Gasteiger partial charge is 0.300 e. The summed E-state index contributed by atoms with van der Waals surface area (Å²) < 4.78 is 12.9. The molecule has 1 saturated heterocycles. The molecule has 118 valence electrons. The number of piperazine rings is 1. The van der Waals surface area contributed by atoms with Crippen molar-refractivity contribution < 1.29 is 4.39 Å². The molecule has 1 saturated carbocycles. The fraction of sp³-hybridized carbons (Fsp3) is 0.579. The van der Waals surface area contributed by atoms with E-state index in [9.17, 15) is 4.39 Å². The van der Waals surface area contributed by atoms with Crippen molar-refractivity contribution in [2.75, 3.05) is 32.7 Å². The molecular weight excluding hydrogens is 275 g/mol. The van der Waals surface area contributed by atoms with Crippen LogP contribution < -0.4 is 0 Å². The number of allylic oxidation sites excluding steroid dienone is 2. The summed E-state index contributed by atoms with van der Waals surface area (Å²) in [5.74, 6) is 2.50. The minimum atomic E-state index is -0.145. The van der Waals surface area contributed by atoms with Crippen LogP contribution in [0.5, 0.6) is 0 Å². The summed E-state index contributed by atoms with van der Waals surface area (Å²) >= 11 is 0. The Bertz CT molecular complexity index is 531. The number of hydrogen-bond acceptors (Lipinski definition) is 2. The predicted octanol–water partition coefficient (Wildman–Crippen LogP) is 3.16. The van der Waals surface area contributed by atoms with E-state index < -0.39 is 0 Å². The normalized spacial score (nSPS) is 32.0. The molecule has 0 aromatic heterocycles. The van der Waals surface area contributed by atoms with Gasteiger partial charge in [0.05, 0.1) is 0 Å². The molecule has 1 aliphatic heterocycles. The van der Waals surface area contributed by atoms with Crippen LogP contribution in [0.2, 0.25) is 0 Å². The number of benzene rings is 1. The van der Waals surface area contributed by atoms with Gasteiger partial charge in [-0.3, -0.25) is 4.90 Å². The van der Waals surface area contributed by atoms with Crippen molar-refractivity contribution in [3.8, 4) is 0 Å². The number of rotatable bonds is 4. The first-order chi connectivity index (χ1) is 10.8. The molecule has 3 aliphatic rings. The Kier molecular flexibility index (Phi) is 4.01. The van der Waals surface area contributed by atoms with Crippen molar-refractivity contribution in [2.45, 2.75) is 19.4 Å². The van der Waals surface area contributed by atoms with Gasteiger partial charge in [-0.1, -0.05) is 24.3 Å². The van der Waals surface area contributed by atoms with Crippen molar-refractivity contribution >= 4 is 0 Å². The standard InChI is InChI=1S/C19H25FN2/c20-19-5-2-15(3-6-19)13-21-7-9-22(10-8-21)14-18-12-16-1-4-17(18)11-16/h1-6,16-18H,7-14H2/t16-,17+,18-/m0/s1. The van der Waals surface area contributed by atoms with Gasteiger partial charge >= 0.3 is 0 Å². The number of fused-ring (bicyclic) bond motifs is 2. The van der Waals surface area contributed by atoms with Gasteiger partial charge in [-0.15, -0.1) is 0 Å². The molecular formula is C19H25FN2. The highest BCUT2D eigenvalue weighted by molar-refractivity contribution is 5.16. The molecule has 0 spiro atoms. The molecule has 0 radical (unpaired) electrons. The van der Waals surface area contributed by atoms with E-state index in [0.29, 0.717) is 0 Å². The summed E-state index contributed by atoms with van der Waals surface area (Å²) in [6.07, 6.45) is 7.72. The molecule has 1 aromatic carbocycles. The summed E-state index contributed by atoms with van der Waals surface area (Å²) in [5.41, 5.74) is 1.22. The van der Waals surface area contributed by atoms with Crippen LogP contribution in [-0.2, 0) is 6.54 Å². The van der Waals surface area contributed by atoms with E-state index in [1.165, 1.54) is 38.0 Å². The van der Waals surface area contributed by atoms with Gasteiger partial charge in [0, 0.05) is 39.3 Å². The van der Waals surface area contributed by atoms with E-state index >= 15 is 0 Å². The Hall–Kier alpha value is -1.19. The van der Waals surface area contributed by atoms with Crippen LogP contribution in [0.4, 0.5) is 4.39 Å². The predicted molar refractivity (Wildman–Crippen MR) is 87.0 cm³/mol. The second-order valence-corrected chi connectivity index (χ2v) is 7.24. The average molecular weight is 300 g/mol. The van der Waals surface area contributed by atoms with Crippen LogP contribution in [0, 0.1) is 23.6 Å². The van der Waals surface area contributed by atoms with Gasteiger partial charge in [0.1, 0.15) is 5.82 Å². The number of nitrogens with zero attached hydrogens (tertiary/aromatic N) is 2. The number of halogens is 1. The third-order valence-electron chi connectivity index (χ3n) is 5.69. The Balaban J connectivity index is 1.24. The highest BCUT2D eigenvalue weighted by Crippen LogP contribution is 2.43. The van der Waals surface area contributed by atoms with Crippen LogP contribution >= 0.6 is 0 Å². The minimum absolute atomic E-state index is 0.145. The van der Waals surface area contributed by atoms with Crippen molar-refractivity contribution in [2.24, 2.45) is 17.8 Å². The molecule has 1 heterocycles. The van der Waals surface area contributed by atoms with Crippen molar-refractivity contribution in [3.05, 3.63) is 47.8 Å². The molecule has 0 unspecified atom stereocenters. The molecule has 3 heteroatoms. The zero-order chi connectivity index (χ0) is 14.9. The van der Waals surface area contributed by atoms with Crippen LogP contribution in [0.25, 0.3) is 0 Å². The monoisotopic (exact) mass is 300 g/mol. The van der Waals surface area contributed by atoms with Gasteiger partial charge in [0.15, 0.2) is 0 Å². The van der Waals surface area contributed by atoms with E-state index in [0.717, 1.165) is 37.4 Å². The third-order valence-corrected chi connectivity index (χ3v) is 5.69. The molecule has 22 heavy (non-hydrogen) atoms. The number of hydrogen-bond donors (Lipinski definition) is 0. The zero-order valence-corrected chi connectivity index (χ0v) is 13.1. The zero-order valence-electron chi connectivity index (χ0n) is 13.1. The fourth-order valence-corrected chi connectivity index (χ4v) is 4.41. The Morgan fingerprint density at radius 1 is 0.909 bits per heavy atom. The summed E-state index contributed by atoms with van der Waals surface area (Å²) in [6, 6.07) is 6.94. The van der Waals surface area contributed by atoms with Gasteiger partial charge in [-0.25, -0.2) is 4.39 Å². The first-order valence-electron chi connectivity index (χ1n) is 8.64. The maximum Gasteiger partial charge on any atom is 0.123 e. The van der Waals surface area contributed by atoms with Crippen molar-refractivity contribution in [3.63, 3.8) is 0 Å². The molecule has 2 fully saturated rings. The lowest BCUT2D eigenvalue weighted by atomic mass is 9.93. The maximum absolute atomic E-state index is 12.9. The van der Waals surface area contributed by atoms with Crippen molar-refractivity contribution in [1.82, 2.24) is 9.80 Å². The van der Waals surface area contributed by atoms with Crippen LogP contribution in [0.15, 0.2) is 36.4 Å². The smallest absolute Gasteiger partial charge is 0.123 e. The maximum atomic E-state index is 12.9. The first kappa shape index (κ1) is 14.4. The second kappa shape index (κ2) is 6.13. The van der Waals surface area contributed by atoms with E-state index in [1.807, 2.05) is 12.1 Å². The lowest BCUT2D eigenvalue weighted by molar-refractivity contribution is 0.108. The summed E-state index contributed by atoms with van der Waals surface area (Å²) in [6.45, 7) is 6.86. The van der Waals surface area contributed by atoms with Gasteiger partial charge < -0.3 is 4.90 Å². The van der Waals surface area contributed by atoms with Crippen LogP contribution in [0.3, 0.4) is 0 Å². The molecule has 2 nitrogen and oxygen atoms in total. The Morgan fingerprint density at radius 2 is 1.64 bits per heavy atom. The summed E-state index contributed by atoms with van der Waals surface area (Å²) in [4.78, 5) is 5.14. The van der Waals surface area contributed by atoms with Crippen molar-refractivity contribution in [1.29, 1.82) is 0 Å². The molecule has 4 rings (SSSR count). The van der Waals surface area contributed by atoms with Gasteiger partial charge in [0.25, 0.3) is 0 Å². The van der Waals surface area contributed by atoms with Gasteiger partial charge in [0.2, 0.25) is 0 Å². The minimum Gasteiger partial charge on any atom is -0.300 e. The Labute approximate surface area is 132 Å². The molecule has 1 aromatic rings. The van der Waals surface area contributed by atoms with Gasteiger partial charge in [-0.2, -0.15) is 0 Å². The van der Waals surface area contributed by atoms with E-state index in [2.05, 4.69) is 22.0 Å². The highest BCUT2D eigenvalue weighted by atomic mass is 19.1. The molecule has 0 N–H and O–H groups in total. The molecule has 3 atom stereocenters. The van der Waals surface area contributed by atoms with Gasteiger partial charge in [-0.05, 0) is 48.3 Å². The summed E-state index contributed by atoms with van der Waals surface area (Å²) in [7, 11) is 0. The quantitative estimate of drug-likeness (QED) is 0.788. The lowest BCUT2D eigenvalue weighted by Crippen LogP contribution is -2.47. The molecule has 2 aliphatic carbocycles. The molecule has 2 bridgehead atoms. The lowest BCUT2D eigenvalue weighted by Gasteiger charge is -2.37. The fourth-order valence-electron chi connectivity index (χ4n) is 4.41. The highest BCUT2D eigenvalue weighted by Gasteiger charge is 2.36. The second-order valence-electron chi connectivity index (χ2n) is 7.24. The average Bonchev–Trinajstić information content (AvgIpc) is 3.14. The van der Waals surface area contributed by atoms with E-state index in [-0.39, 0.29) is 5.82 Å². The SMILES string of the molecule is Fc1ccc(CN2CCN(C[C@@H]3C[C@H]4C=C[C@@H]3C4)CC2)cc1. The Morgan fingerprint density at radius 3 is 2.27 bits per heavy atom. The first-order valence-corrected chi connectivity index (χ1v) is 8.64. The van der Waals surface area contributed by atoms with E-state index in [1.54, 1.807) is 12.1 Å². The van der Waals surface area contributed by atoms with E-state index in [4.69, 9.17) is 0 Å². The van der Waals surface area contributed by atoms with Crippen LogP contribution in [0.1, 0.15) is 18.4 Å².